The van der Waals surface area contributed by atoms with Crippen molar-refractivity contribution < 1.29 is 56.8 Å². The van der Waals surface area contributed by atoms with Gasteiger partial charge in [0.1, 0.15) is 80.4 Å². The number of nitrogens with zero attached hydrogens (tertiary/aromatic N) is 8. The number of aryl methyl sites for hydroxylation is 2. The molecule has 9 aromatic rings. The molecule has 10 aliphatic carbocycles. The minimum Gasteiger partial charge on any atom is -0.496 e. The molecule has 10 aliphatic rings. The van der Waals surface area contributed by atoms with Crippen LogP contribution in [0.25, 0.3) is 22.5 Å². The van der Waals surface area contributed by atoms with Crippen molar-refractivity contribution in [3.05, 3.63) is 177 Å². The van der Waals surface area contributed by atoms with Gasteiger partial charge in [0.25, 0.3) is 0 Å². The molecular formula is C77H86N8O12. The van der Waals surface area contributed by atoms with Crippen molar-refractivity contribution in [2.24, 2.45) is 0 Å². The molecule has 0 aliphatic heterocycles. The summed E-state index contributed by atoms with van der Waals surface area (Å²) in [5.74, 6) is 8.25. The molecule has 0 N–H and O–H groups in total. The zero-order valence-corrected chi connectivity index (χ0v) is 56.9. The summed E-state index contributed by atoms with van der Waals surface area (Å²) in [5.41, 5.74) is 12.2. The van der Waals surface area contributed by atoms with Crippen LogP contribution >= 0.6 is 0 Å². The van der Waals surface area contributed by atoms with Gasteiger partial charge >= 0.3 is 0 Å². The number of methoxy groups -OCH3 is 8. The largest absolute Gasteiger partial charge is 0.496 e. The predicted octanol–water partition coefficient (Wildman–Crippen LogP) is 14.4. The highest BCUT2D eigenvalue weighted by Crippen LogP contribution is 2.43. The van der Waals surface area contributed by atoms with Gasteiger partial charge in [0, 0.05) is 125 Å². The predicted molar refractivity (Wildman–Crippen MR) is 369 cm³/mol. The van der Waals surface area contributed by atoms with Crippen LogP contribution in [0, 0.1) is 22.7 Å². The van der Waals surface area contributed by atoms with E-state index in [4.69, 9.17) is 67.4 Å². The number of aromatic nitrogens is 6. The Morgan fingerprint density at radius 1 is 0.330 bits per heavy atom. The molecule has 0 unspecified atom stereocenters. The van der Waals surface area contributed by atoms with Crippen molar-refractivity contribution in [3.63, 3.8) is 0 Å². The molecule has 7 aromatic carbocycles. The number of ether oxygens (including phenoxy) is 12. The molecule has 0 saturated carbocycles. The quantitative estimate of drug-likeness (QED) is 0.0358. The van der Waals surface area contributed by atoms with Crippen molar-refractivity contribution in [2.45, 2.75) is 109 Å². The lowest BCUT2D eigenvalue weighted by Crippen LogP contribution is -2.09. The van der Waals surface area contributed by atoms with Crippen LogP contribution in [0.4, 0.5) is 0 Å². The Labute approximate surface area is 568 Å². The second-order valence-corrected chi connectivity index (χ2v) is 23.7. The third-order valence-electron chi connectivity index (χ3n) is 17.2. The SMILES string of the molecule is COc1cc2c(OC)cc1Cc1cc(OC)c(cc1OC)Cc1cc(OC)c(cc1OC)Cc1cc(OCCCCOc3cccc(-c4cn(CCCCC#N)nn4)c3)c(cc1OCCCCOc1cccc(-c3cn(CCCCC#N)nn3)c1)Cc1cc(OC)c(cc1OC)C2. The molecule has 506 valence electrons. The fraction of sp³-hybridized carbons (Fsp3) is 0.377. The summed E-state index contributed by atoms with van der Waals surface area (Å²) in [5, 5.41) is 35.3. The Hall–Kier alpha value is -10.6. The Bertz CT molecular complexity index is 3920. The summed E-state index contributed by atoms with van der Waals surface area (Å²) in [4.78, 5) is 0. The van der Waals surface area contributed by atoms with Crippen LogP contribution in [0.2, 0.25) is 0 Å². The molecule has 2 heterocycles. The fourth-order valence-corrected chi connectivity index (χ4v) is 12.1. The van der Waals surface area contributed by atoms with E-state index in [2.05, 4.69) is 44.9 Å². The van der Waals surface area contributed by atoms with Gasteiger partial charge in [-0.2, -0.15) is 10.5 Å². The van der Waals surface area contributed by atoms with E-state index in [1.54, 1.807) is 56.9 Å². The van der Waals surface area contributed by atoms with Crippen LogP contribution in [-0.2, 0) is 45.2 Å². The van der Waals surface area contributed by atoms with Gasteiger partial charge in [0.2, 0.25) is 0 Å². The van der Waals surface area contributed by atoms with Gasteiger partial charge in [0.15, 0.2) is 0 Å². The number of hydrogen-bond acceptors (Lipinski definition) is 18. The Kier molecular flexibility index (Phi) is 24.8. The Morgan fingerprint density at radius 3 is 0.876 bits per heavy atom. The number of nitriles is 2. The van der Waals surface area contributed by atoms with Crippen LogP contribution < -0.4 is 56.8 Å². The lowest BCUT2D eigenvalue weighted by Gasteiger charge is -2.21. The lowest BCUT2D eigenvalue weighted by atomic mass is 9.94. The van der Waals surface area contributed by atoms with E-state index in [0.717, 1.165) is 115 Å². The molecule has 20 nitrogen and oxygen atoms in total. The maximum atomic E-state index is 8.94. The van der Waals surface area contributed by atoms with Crippen LogP contribution in [0.3, 0.4) is 0 Å². The van der Waals surface area contributed by atoms with Gasteiger partial charge in [0.05, 0.1) is 108 Å². The van der Waals surface area contributed by atoms with Gasteiger partial charge in [-0.25, -0.2) is 0 Å². The third kappa shape index (κ3) is 18.1. The number of benzene rings is 7. The van der Waals surface area contributed by atoms with Crippen molar-refractivity contribution in [2.75, 3.05) is 83.3 Å². The van der Waals surface area contributed by atoms with Gasteiger partial charge < -0.3 is 56.8 Å². The van der Waals surface area contributed by atoms with E-state index in [1.165, 1.54) is 0 Å². The standard InChI is InChI=1S/C77H86N8O12/c1-86-68-42-56-34-58-44-74(92-7)60(46-72(58)90-5)36-62-48-77(97-32-18-16-30-95-65-24-20-22-53(39-65)67-51-85(83-81-67)28-14-10-12-26-79)63(49-76(62)96-31-17-15-29-94-64-23-19-21-52(38-64)66-50-84(82-80-66)27-13-9-11-25-78)37-61-47-73(91-6)59(45-75(61)93-8)35-57-43-69(87-2)55(41-71(57)89-4)33-54(68)40-70(56)88-3/h19-24,38-51H,9-18,27-37H2,1-8H3. The summed E-state index contributed by atoms with van der Waals surface area (Å²) < 4.78 is 79.7. The third-order valence-corrected chi connectivity index (χ3v) is 17.2. The molecular weight excluding hydrogens is 1230 g/mol. The first-order chi connectivity index (χ1) is 47.6. The molecule has 0 amide bonds. The smallest absolute Gasteiger partial charge is 0.123 e. The van der Waals surface area contributed by atoms with Gasteiger partial charge in [-0.1, -0.05) is 34.7 Å². The molecule has 0 saturated heterocycles. The second kappa shape index (κ2) is 34.7. The van der Waals surface area contributed by atoms with Crippen LogP contribution in [-0.4, -0.2) is 113 Å². The molecule has 2 aromatic heterocycles. The zero-order chi connectivity index (χ0) is 67.9. The highest BCUT2D eigenvalue weighted by Gasteiger charge is 2.24. The topological polar surface area (TPSA) is 220 Å². The van der Waals surface area contributed by atoms with Crippen LogP contribution in [0.1, 0.15) is 120 Å². The lowest BCUT2D eigenvalue weighted by molar-refractivity contribution is 0.260. The molecule has 0 atom stereocenters. The number of hydrogen-bond donors (Lipinski definition) is 0. The summed E-state index contributed by atoms with van der Waals surface area (Å²) >= 11 is 0. The molecule has 20 heteroatoms. The van der Waals surface area contributed by atoms with E-state index >= 15 is 0 Å². The highest BCUT2D eigenvalue weighted by molar-refractivity contribution is 5.62. The summed E-state index contributed by atoms with van der Waals surface area (Å²) in [6.07, 6.45) is 13.2. The Balaban J connectivity index is 0.969. The van der Waals surface area contributed by atoms with E-state index in [0.29, 0.717) is 168 Å². The summed E-state index contributed by atoms with van der Waals surface area (Å²) in [6.45, 7) is 3.12. The van der Waals surface area contributed by atoms with Crippen molar-refractivity contribution in [1.29, 1.82) is 10.5 Å². The van der Waals surface area contributed by atoms with Crippen LogP contribution in [0.15, 0.2) is 122 Å². The normalized spacial score (nSPS) is 11.7. The average molecular weight is 1320 g/mol. The molecule has 0 fully saturated rings. The second-order valence-electron chi connectivity index (χ2n) is 23.7. The molecule has 97 heavy (non-hydrogen) atoms. The van der Waals surface area contributed by atoms with E-state index in [-0.39, 0.29) is 0 Å². The number of rotatable bonds is 32. The first-order valence-electron chi connectivity index (χ1n) is 32.9. The van der Waals surface area contributed by atoms with Gasteiger partial charge in [-0.3, -0.25) is 9.36 Å². The summed E-state index contributed by atoms with van der Waals surface area (Å²) in [6, 6.07) is 40.6. The molecule has 0 spiro atoms. The van der Waals surface area contributed by atoms with Gasteiger partial charge in [-0.15, -0.1) is 10.2 Å². The monoisotopic (exact) mass is 1310 g/mol. The van der Waals surface area contributed by atoms with E-state index in [9.17, 15) is 0 Å². The first kappa shape index (κ1) is 69.2. The first-order valence-corrected chi connectivity index (χ1v) is 32.9. The minimum absolute atomic E-state index is 0.394. The average Bonchev–Trinajstić information content (AvgIpc) is 1.29. The summed E-state index contributed by atoms with van der Waals surface area (Å²) in [7, 11) is 13.4. The fourth-order valence-electron chi connectivity index (χ4n) is 12.1. The van der Waals surface area contributed by atoms with Crippen LogP contribution in [0.5, 0.6) is 69.0 Å². The van der Waals surface area contributed by atoms with Crippen molar-refractivity contribution >= 4 is 0 Å². The van der Waals surface area contributed by atoms with E-state index < -0.39 is 0 Å². The van der Waals surface area contributed by atoms with Crippen molar-refractivity contribution in [3.8, 4) is 104 Å². The highest BCUT2D eigenvalue weighted by atomic mass is 16.5. The molecule has 0 radical (unpaired) electrons. The maximum absolute atomic E-state index is 8.94. The van der Waals surface area contributed by atoms with E-state index in [1.807, 2.05) is 119 Å². The Morgan fingerprint density at radius 2 is 0.598 bits per heavy atom. The minimum atomic E-state index is 0.394. The van der Waals surface area contributed by atoms with Gasteiger partial charge in [-0.05, 0) is 136 Å². The maximum Gasteiger partial charge on any atom is 0.123 e. The van der Waals surface area contributed by atoms with Crippen molar-refractivity contribution in [1.82, 2.24) is 30.0 Å². The molecule has 10 bridgehead atoms. The molecule has 19 rings (SSSR count). The number of unbranched alkanes of at least 4 members (excludes halogenated alkanes) is 6. The zero-order valence-electron chi connectivity index (χ0n) is 56.9.